The first-order chi connectivity index (χ1) is 13.6. The van der Waals surface area contributed by atoms with Crippen LogP contribution in [0.4, 0.5) is 5.88 Å². The molecule has 0 bridgehead atoms. The fraction of sp³-hybridized carbons (Fsp3) is 0.190. The second-order valence-corrected chi connectivity index (χ2v) is 7.30. The number of rotatable bonds is 6. The Morgan fingerprint density at radius 1 is 1.21 bits per heavy atom. The van der Waals surface area contributed by atoms with E-state index < -0.39 is 0 Å². The van der Waals surface area contributed by atoms with Gasteiger partial charge in [-0.15, -0.1) is 11.3 Å². The lowest BCUT2D eigenvalue weighted by atomic mass is 10.1. The van der Waals surface area contributed by atoms with Gasteiger partial charge in [-0.2, -0.15) is 0 Å². The molecule has 0 spiro atoms. The molecule has 0 aliphatic heterocycles. The highest BCUT2D eigenvalue weighted by Crippen LogP contribution is 2.26. The lowest BCUT2D eigenvalue weighted by Gasteiger charge is -1.99. The second-order valence-electron chi connectivity index (χ2n) is 6.35. The average molecular weight is 393 g/mol. The number of nitrogens with zero attached hydrogens (tertiary/aromatic N) is 2. The summed E-state index contributed by atoms with van der Waals surface area (Å²) in [6.45, 7) is 3.91. The molecule has 1 aromatic carbocycles. The number of anilines is 1. The van der Waals surface area contributed by atoms with E-state index in [0.29, 0.717) is 28.9 Å². The summed E-state index contributed by atoms with van der Waals surface area (Å²) in [6.07, 6.45) is 1.08. The van der Waals surface area contributed by atoms with Gasteiger partial charge in [0.2, 0.25) is 17.7 Å². The number of oxazole rings is 1. The number of hydrogen-bond donors (Lipinski definition) is 1. The summed E-state index contributed by atoms with van der Waals surface area (Å²) >= 11 is 1.54. The molecular weight excluding hydrogens is 374 g/mol. The number of aromatic nitrogens is 2. The Hall–Kier alpha value is -3.19. The molecule has 3 heterocycles. The number of carbonyl (C=O) groups is 1. The maximum atomic E-state index is 12.4. The fourth-order valence-electron chi connectivity index (χ4n) is 2.81. The predicted molar refractivity (Wildman–Crippen MR) is 108 cm³/mol. The molecule has 0 radical (unpaired) electrons. The largest absolute Gasteiger partial charge is 0.440 e. The van der Waals surface area contributed by atoms with Gasteiger partial charge in [0.15, 0.2) is 0 Å². The molecule has 0 aliphatic carbocycles. The Morgan fingerprint density at radius 2 is 2.04 bits per heavy atom. The molecule has 0 fully saturated rings. The molecule has 0 saturated heterocycles. The van der Waals surface area contributed by atoms with E-state index in [1.807, 2.05) is 29.6 Å². The molecule has 6 nitrogen and oxygen atoms in total. The molecule has 4 rings (SSSR count). The van der Waals surface area contributed by atoms with Gasteiger partial charge in [-0.05, 0) is 30.4 Å². The van der Waals surface area contributed by atoms with E-state index in [9.17, 15) is 4.79 Å². The molecule has 0 atom stereocenters. The van der Waals surface area contributed by atoms with E-state index in [2.05, 4.69) is 34.5 Å². The maximum absolute atomic E-state index is 12.4. The molecule has 7 heteroatoms. The number of benzene rings is 1. The summed E-state index contributed by atoms with van der Waals surface area (Å²) in [4.78, 5) is 17.8. The quantitative estimate of drug-likeness (QED) is 0.492. The molecule has 3 aromatic heterocycles. The zero-order valence-electron chi connectivity index (χ0n) is 15.6. The van der Waals surface area contributed by atoms with Crippen LogP contribution in [0.3, 0.4) is 0 Å². The third-order valence-corrected chi connectivity index (χ3v) is 5.24. The van der Waals surface area contributed by atoms with Gasteiger partial charge in [0.1, 0.15) is 11.5 Å². The molecule has 142 valence electrons. The van der Waals surface area contributed by atoms with Gasteiger partial charge < -0.3 is 8.94 Å². The molecular formula is C21H19N3O3S. The van der Waals surface area contributed by atoms with Gasteiger partial charge in [0, 0.05) is 11.6 Å². The van der Waals surface area contributed by atoms with Gasteiger partial charge >= 0.3 is 0 Å². The number of thiophene rings is 1. The highest BCUT2D eigenvalue weighted by atomic mass is 32.1. The van der Waals surface area contributed by atoms with Crippen LogP contribution in [0.25, 0.3) is 22.0 Å². The molecule has 28 heavy (non-hydrogen) atoms. The minimum atomic E-state index is -0.238. The van der Waals surface area contributed by atoms with Crippen LogP contribution in [-0.2, 0) is 17.6 Å². The smallest absolute Gasteiger partial charge is 0.236 e. The van der Waals surface area contributed by atoms with Crippen molar-refractivity contribution < 1.29 is 13.7 Å². The lowest BCUT2D eigenvalue weighted by molar-refractivity contribution is -0.115. The van der Waals surface area contributed by atoms with Crippen molar-refractivity contribution in [2.45, 2.75) is 26.7 Å². The summed E-state index contributed by atoms with van der Waals surface area (Å²) in [6, 6.07) is 13.7. The van der Waals surface area contributed by atoms with Crippen molar-refractivity contribution in [2.24, 2.45) is 0 Å². The number of nitrogens with one attached hydrogen (secondary N) is 1. The minimum Gasteiger partial charge on any atom is -0.440 e. The highest BCUT2D eigenvalue weighted by molar-refractivity contribution is 7.13. The predicted octanol–water partition coefficient (Wildman–Crippen LogP) is 5.11. The molecule has 1 amide bonds. The number of aryl methyl sites for hydroxylation is 2. The van der Waals surface area contributed by atoms with Crippen LogP contribution in [0.1, 0.15) is 23.9 Å². The normalized spacial score (nSPS) is 10.9. The van der Waals surface area contributed by atoms with Crippen LogP contribution in [0.15, 0.2) is 56.8 Å². The van der Waals surface area contributed by atoms with Crippen LogP contribution >= 0.6 is 11.3 Å². The second kappa shape index (κ2) is 7.82. The molecule has 0 saturated carbocycles. The minimum absolute atomic E-state index is 0.0991. The van der Waals surface area contributed by atoms with Gasteiger partial charge in [0.25, 0.3) is 0 Å². The Labute approximate surface area is 166 Å². The first-order valence-corrected chi connectivity index (χ1v) is 9.86. The van der Waals surface area contributed by atoms with Crippen molar-refractivity contribution in [3.63, 3.8) is 0 Å². The Morgan fingerprint density at radius 3 is 2.75 bits per heavy atom. The summed E-state index contributed by atoms with van der Waals surface area (Å²) in [5.74, 6) is 1.23. The van der Waals surface area contributed by atoms with E-state index in [-0.39, 0.29) is 12.3 Å². The van der Waals surface area contributed by atoms with Crippen molar-refractivity contribution in [3.8, 4) is 22.0 Å². The average Bonchev–Trinajstić information content (AvgIpc) is 3.44. The number of hydrogen-bond acceptors (Lipinski definition) is 6. The van der Waals surface area contributed by atoms with Crippen molar-refractivity contribution in [1.82, 2.24) is 10.1 Å². The highest BCUT2D eigenvalue weighted by Gasteiger charge is 2.17. The van der Waals surface area contributed by atoms with E-state index in [1.54, 1.807) is 24.3 Å². The Balaban J connectivity index is 1.42. The van der Waals surface area contributed by atoms with Crippen LogP contribution < -0.4 is 5.32 Å². The molecule has 1 N–H and O–H groups in total. The third kappa shape index (κ3) is 3.89. The maximum Gasteiger partial charge on any atom is 0.236 e. The van der Waals surface area contributed by atoms with Crippen LogP contribution in [0.5, 0.6) is 0 Å². The summed E-state index contributed by atoms with van der Waals surface area (Å²) < 4.78 is 10.9. The van der Waals surface area contributed by atoms with Crippen molar-refractivity contribution in [2.75, 3.05) is 5.32 Å². The molecule has 0 aliphatic rings. The van der Waals surface area contributed by atoms with E-state index >= 15 is 0 Å². The van der Waals surface area contributed by atoms with Crippen LogP contribution in [0, 0.1) is 6.92 Å². The van der Waals surface area contributed by atoms with E-state index in [0.717, 1.165) is 16.9 Å². The number of amides is 1. The monoisotopic (exact) mass is 393 g/mol. The Kier molecular flexibility index (Phi) is 5.08. The van der Waals surface area contributed by atoms with Crippen molar-refractivity contribution in [3.05, 3.63) is 64.9 Å². The fourth-order valence-corrected chi connectivity index (χ4v) is 3.46. The topological polar surface area (TPSA) is 81.2 Å². The van der Waals surface area contributed by atoms with Gasteiger partial charge in [-0.3, -0.25) is 10.1 Å². The number of carbonyl (C=O) groups excluding carboxylic acids is 1. The van der Waals surface area contributed by atoms with Gasteiger partial charge in [0.05, 0.1) is 17.0 Å². The van der Waals surface area contributed by atoms with Gasteiger partial charge in [-0.25, -0.2) is 4.98 Å². The van der Waals surface area contributed by atoms with Crippen molar-refractivity contribution in [1.29, 1.82) is 0 Å². The first-order valence-electron chi connectivity index (χ1n) is 8.98. The standard InChI is InChI=1S/C21H19N3O3S/c1-3-14-6-8-15(9-7-14)17-12-20(27-24-17)23-19(25)11-16-13(2)26-21(22-16)18-5-4-10-28-18/h4-10,12H,3,11H2,1-2H3,(H,23,25). The van der Waals surface area contributed by atoms with Gasteiger partial charge in [-0.1, -0.05) is 42.4 Å². The molecule has 0 unspecified atom stereocenters. The summed E-state index contributed by atoms with van der Waals surface area (Å²) in [7, 11) is 0. The van der Waals surface area contributed by atoms with Crippen LogP contribution in [0.2, 0.25) is 0 Å². The third-order valence-electron chi connectivity index (χ3n) is 4.38. The van der Waals surface area contributed by atoms with E-state index in [4.69, 9.17) is 8.94 Å². The zero-order chi connectivity index (χ0) is 19.5. The molecule has 4 aromatic rings. The summed E-state index contributed by atoms with van der Waals surface area (Å²) in [5, 5.41) is 8.72. The SMILES string of the molecule is CCc1ccc(-c2cc(NC(=O)Cc3nc(-c4cccs4)oc3C)on2)cc1. The first kappa shape index (κ1) is 18.2. The van der Waals surface area contributed by atoms with Crippen LogP contribution in [-0.4, -0.2) is 16.0 Å². The van der Waals surface area contributed by atoms with Crippen molar-refractivity contribution >= 4 is 23.1 Å². The van der Waals surface area contributed by atoms with E-state index in [1.165, 1.54) is 5.56 Å². The lowest BCUT2D eigenvalue weighted by Crippen LogP contribution is -2.14. The summed E-state index contributed by atoms with van der Waals surface area (Å²) in [5.41, 5.74) is 3.48. The zero-order valence-corrected chi connectivity index (χ0v) is 16.4. The Bertz CT molecular complexity index is 1080.